The van der Waals surface area contributed by atoms with Crippen LogP contribution in [0.4, 0.5) is 5.69 Å². The van der Waals surface area contributed by atoms with Gasteiger partial charge in [-0.3, -0.25) is 4.79 Å². The summed E-state index contributed by atoms with van der Waals surface area (Å²) in [6.45, 7) is 1.26. The molecule has 9 nitrogen and oxygen atoms in total. The lowest BCUT2D eigenvalue weighted by Gasteiger charge is -2.18. The van der Waals surface area contributed by atoms with E-state index >= 15 is 0 Å². The third kappa shape index (κ3) is 6.11. The molecule has 4 rings (SSSR count). The first kappa shape index (κ1) is 26.7. The first-order chi connectivity index (χ1) is 18.4. The van der Waals surface area contributed by atoms with Gasteiger partial charge in [0.25, 0.3) is 0 Å². The first-order valence-corrected chi connectivity index (χ1v) is 12.1. The van der Waals surface area contributed by atoms with Crippen LogP contribution in [0.3, 0.4) is 0 Å². The number of carbonyl (C=O) groups excluding carboxylic acids is 2. The molecule has 3 aromatic carbocycles. The molecule has 1 amide bonds. The first-order valence-electron chi connectivity index (χ1n) is 12.1. The van der Waals surface area contributed by atoms with Crippen molar-refractivity contribution in [2.75, 3.05) is 46.5 Å². The molecule has 200 valence electrons. The lowest BCUT2D eigenvalue weighted by Crippen LogP contribution is -2.25. The van der Waals surface area contributed by atoms with E-state index in [0.717, 1.165) is 11.3 Å². The number of nitrogens with zero attached hydrogens (tertiary/aromatic N) is 1. The second kappa shape index (κ2) is 12.2. The molecule has 0 bridgehead atoms. The van der Waals surface area contributed by atoms with Crippen LogP contribution in [0.1, 0.15) is 22.3 Å². The molecule has 0 saturated carbocycles. The molecule has 0 aliphatic carbocycles. The number of ether oxygens (including phenoxy) is 6. The zero-order valence-electron chi connectivity index (χ0n) is 21.9. The summed E-state index contributed by atoms with van der Waals surface area (Å²) >= 11 is 0. The van der Waals surface area contributed by atoms with Crippen molar-refractivity contribution in [3.05, 3.63) is 71.8 Å². The average molecular weight is 522 g/mol. The Labute approximate surface area is 221 Å². The van der Waals surface area contributed by atoms with Gasteiger partial charge in [0.05, 0.1) is 40.6 Å². The van der Waals surface area contributed by atoms with E-state index in [0.29, 0.717) is 60.5 Å². The number of rotatable bonds is 11. The zero-order valence-corrected chi connectivity index (χ0v) is 21.9. The van der Waals surface area contributed by atoms with Crippen molar-refractivity contribution in [2.45, 2.75) is 13.0 Å². The van der Waals surface area contributed by atoms with Crippen molar-refractivity contribution in [3.8, 4) is 28.7 Å². The van der Waals surface area contributed by atoms with Crippen LogP contribution in [0.25, 0.3) is 0 Å². The lowest BCUT2D eigenvalue weighted by molar-refractivity contribution is -0.117. The standard InChI is InChI=1S/C29H31NO8/c1-33-25-13-19(14-26(34-2)28(25)35-3)17-37-24-11-7-22(8-12-24)30-16-20(15-27(30)31)18-38-23-9-5-21(6-10-23)29(32)36-4/h5-14,20H,15-18H2,1-4H3. The summed E-state index contributed by atoms with van der Waals surface area (Å²) in [7, 11) is 6.04. The lowest BCUT2D eigenvalue weighted by atomic mass is 10.1. The number of carbonyl (C=O) groups is 2. The second-order valence-corrected chi connectivity index (χ2v) is 8.72. The third-order valence-electron chi connectivity index (χ3n) is 6.24. The molecular weight excluding hydrogens is 490 g/mol. The Morgan fingerprint density at radius 3 is 2.03 bits per heavy atom. The van der Waals surface area contributed by atoms with Crippen molar-refractivity contribution in [1.29, 1.82) is 0 Å². The maximum atomic E-state index is 12.7. The maximum absolute atomic E-state index is 12.7. The third-order valence-corrected chi connectivity index (χ3v) is 6.24. The number of methoxy groups -OCH3 is 4. The molecule has 0 N–H and O–H groups in total. The normalized spacial score (nSPS) is 14.7. The van der Waals surface area contributed by atoms with Gasteiger partial charge < -0.3 is 33.3 Å². The van der Waals surface area contributed by atoms with Gasteiger partial charge in [0.1, 0.15) is 18.1 Å². The van der Waals surface area contributed by atoms with Crippen LogP contribution in [0.15, 0.2) is 60.7 Å². The predicted molar refractivity (Wildman–Crippen MR) is 141 cm³/mol. The van der Waals surface area contributed by atoms with Gasteiger partial charge in [0.2, 0.25) is 11.7 Å². The van der Waals surface area contributed by atoms with Crippen LogP contribution in [0.5, 0.6) is 28.7 Å². The fourth-order valence-electron chi connectivity index (χ4n) is 4.27. The molecule has 1 heterocycles. The van der Waals surface area contributed by atoms with Crippen molar-refractivity contribution < 1.29 is 38.0 Å². The fraction of sp³-hybridized carbons (Fsp3) is 0.310. The van der Waals surface area contributed by atoms with Gasteiger partial charge in [0.15, 0.2) is 11.5 Å². The number of anilines is 1. The van der Waals surface area contributed by atoms with Crippen molar-refractivity contribution in [3.63, 3.8) is 0 Å². The van der Waals surface area contributed by atoms with Gasteiger partial charge in [0, 0.05) is 24.6 Å². The van der Waals surface area contributed by atoms with E-state index in [1.165, 1.54) is 7.11 Å². The fourth-order valence-corrected chi connectivity index (χ4v) is 4.27. The van der Waals surface area contributed by atoms with Gasteiger partial charge in [-0.2, -0.15) is 0 Å². The zero-order chi connectivity index (χ0) is 27.1. The molecule has 1 unspecified atom stereocenters. The van der Waals surface area contributed by atoms with Crippen LogP contribution in [0, 0.1) is 5.92 Å². The molecule has 1 aliphatic heterocycles. The molecule has 3 aromatic rings. The van der Waals surface area contributed by atoms with Crippen LogP contribution in [-0.2, 0) is 16.1 Å². The number of hydrogen-bond donors (Lipinski definition) is 0. The molecule has 1 fully saturated rings. The molecule has 0 radical (unpaired) electrons. The summed E-state index contributed by atoms with van der Waals surface area (Å²) in [5.41, 5.74) is 2.12. The maximum Gasteiger partial charge on any atom is 0.337 e. The summed E-state index contributed by atoms with van der Waals surface area (Å²) in [5.74, 6) is 2.66. The van der Waals surface area contributed by atoms with Gasteiger partial charge in [-0.1, -0.05) is 0 Å². The van der Waals surface area contributed by atoms with E-state index < -0.39 is 5.97 Å². The molecule has 1 aliphatic rings. The average Bonchev–Trinajstić information content (AvgIpc) is 3.34. The molecule has 9 heteroatoms. The van der Waals surface area contributed by atoms with E-state index in [-0.39, 0.29) is 11.8 Å². The summed E-state index contributed by atoms with van der Waals surface area (Å²) < 4.78 is 32.7. The highest BCUT2D eigenvalue weighted by Gasteiger charge is 2.31. The topological polar surface area (TPSA) is 92.8 Å². The van der Waals surface area contributed by atoms with Crippen LogP contribution in [-0.4, -0.2) is 53.5 Å². The van der Waals surface area contributed by atoms with Gasteiger partial charge in [-0.15, -0.1) is 0 Å². The molecule has 1 atom stereocenters. The van der Waals surface area contributed by atoms with Crippen LogP contribution in [0.2, 0.25) is 0 Å². The van der Waals surface area contributed by atoms with Gasteiger partial charge in [-0.05, 0) is 66.2 Å². The molecule has 0 aromatic heterocycles. The summed E-state index contributed by atoms with van der Waals surface area (Å²) in [6, 6.07) is 17.9. The SMILES string of the molecule is COC(=O)c1ccc(OCC2CC(=O)N(c3ccc(OCc4cc(OC)c(OC)c(OC)c4)cc3)C2)cc1. The second-order valence-electron chi connectivity index (χ2n) is 8.72. The molecule has 38 heavy (non-hydrogen) atoms. The summed E-state index contributed by atoms with van der Waals surface area (Å²) in [4.78, 5) is 26.0. The monoisotopic (exact) mass is 521 g/mol. The highest BCUT2D eigenvalue weighted by Crippen LogP contribution is 2.38. The van der Waals surface area contributed by atoms with Crippen molar-refractivity contribution in [2.24, 2.45) is 5.92 Å². The van der Waals surface area contributed by atoms with E-state index in [1.807, 2.05) is 36.4 Å². The molecular formula is C29H31NO8. The van der Waals surface area contributed by atoms with Gasteiger partial charge >= 0.3 is 5.97 Å². The number of esters is 1. The largest absolute Gasteiger partial charge is 0.493 e. The quantitative estimate of drug-likeness (QED) is 0.341. The minimum Gasteiger partial charge on any atom is -0.493 e. The van der Waals surface area contributed by atoms with E-state index in [2.05, 4.69) is 0 Å². The van der Waals surface area contributed by atoms with Crippen LogP contribution < -0.4 is 28.6 Å². The van der Waals surface area contributed by atoms with Crippen molar-refractivity contribution >= 4 is 17.6 Å². The number of amides is 1. The molecule has 1 saturated heterocycles. The van der Waals surface area contributed by atoms with E-state index in [4.69, 9.17) is 28.4 Å². The Hall–Kier alpha value is -4.40. The predicted octanol–water partition coefficient (Wildman–Crippen LogP) is 4.51. The van der Waals surface area contributed by atoms with Gasteiger partial charge in [-0.25, -0.2) is 4.79 Å². The van der Waals surface area contributed by atoms with E-state index in [9.17, 15) is 9.59 Å². The smallest absolute Gasteiger partial charge is 0.337 e. The molecule has 0 spiro atoms. The minimum atomic E-state index is -0.397. The Morgan fingerprint density at radius 1 is 0.842 bits per heavy atom. The Kier molecular flexibility index (Phi) is 8.58. The minimum absolute atomic E-state index is 0.0470. The Morgan fingerprint density at radius 2 is 1.45 bits per heavy atom. The van der Waals surface area contributed by atoms with E-state index in [1.54, 1.807) is 50.5 Å². The number of hydrogen-bond acceptors (Lipinski definition) is 8. The summed E-state index contributed by atoms with van der Waals surface area (Å²) in [5, 5.41) is 0. The Bertz CT molecular complexity index is 1230. The highest BCUT2D eigenvalue weighted by atomic mass is 16.5. The van der Waals surface area contributed by atoms with Crippen molar-refractivity contribution in [1.82, 2.24) is 0 Å². The number of benzene rings is 3. The van der Waals surface area contributed by atoms with Crippen LogP contribution >= 0.6 is 0 Å². The highest BCUT2D eigenvalue weighted by molar-refractivity contribution is 5.95. The summed E-state index contributed by atoms with van der Waals surface area (Å²) in [6.07, 6.45) is 0.402. The Balaban J connectivity index is 1.32.